The number of thiophene rings is 1. The molecule has 0 saturated carbocycles. The Hall–Kier alpha value is -3.19. The molecule has 1 amide bonds. The van der Waals surface area contributed by atoms with Gasteiger partial charge in [-0.15, -0.1) is 11.3 Å². The van der Waals surface area contributed by atoms with E-state index in [1.54, 1.807) is 0 Å². The summed E-state index contributed by atoms with van der Waals surface area (Å²) in [4.78, 5) is 24.0. The molecular formula is C33H35ClN4OS. The van der Waals surface area contributed by atoms with Crippen LogP contribution in [0.2, 0.25) is 5.02 Å². The van der Waals surface area contributed by atoms with E-state index in [0.29, 0.717) is 23.0 Å². The normalized spacial score (nSPS) is 14.2. The standard InChI is InChI=1S/C33H35ClN4OS/c1-2-18-37(33(39)32-31(34)26-14-6-9-17-29(26)40-32)23-30-35-27-15-7-8-16-28(27)38(30)22-25-13-5-4-12-24(25)21-36-19-10-3-11-20-36/h4-9,12-17H,2-3,10-11,18-23H2,1H3. The molecule has 0 unspecified atom stereocenters. The third-order valence-corrected chi connectivity index (χ3v) is 9.53. The number of carbonyl (C=O) groups is 1. The fraction of sp³-hybridized carbons (Fsp3) is 0.333. The Morgan fingerprint density at radius 2 is 1.62 bits per heavy atom. The fourth-order valence-electron chi connectivity index (χ4n) is 5.81. The minimum absolute atomic E-state index is 0.0304. The van der Waals surface area contributed by atoms with Crippen molar-refractivity contribution in [3.8, 4) is 0 Å². The van der Waals surface area contributed by atoms with Crippen molar-refractivity contribution in [2.24, 2.45) is 0 Å². The first-order chi connectivity index (χ1) is 19.6. The molecule has 5 aromatic rings. The highest BCUT2D eigenvalue weighted by Gasteiger charge is 2.25. The van der Waals surface area contributed by atoms with Crippen LogP contribution in [-0.2, 0) is 19.6 Å². The second-order valence-electron chi connectivity index (χ2n) is 10.7. The largest absolute Gasteiger partial charge is 0.330 e. The summed E-state index contributed by atoms with van der Waals surface area (Å²) in [5.74, 6) is 0.866. The van der Waals surface area contributed by atoms with E-state index in [1.807, 2.05) is 35.2 Å². The van der Waals surface area contributed by atoms with E-state index >= 15 is 0 Å². The van der Waals surface area contributed by atoms with Gasteiger partial charge in [0.1, 0.15) is 10.7 Å². The highest BCUT2D eigenvalue weighted by Crippen LogP contribution is 2.36. The molecule has 0 aliphatic carbocycles. The maximum atomic E-state index is 13.9. The zero-order chi connectivity index (χ0) is 27.5. The van der Waals surface area contributed by atoms with Crippen molar-refractivity contribution in [1.29, 1.82) is 0 Å². The maximum Gasteiger partial charge on any atom is 0.265 e. The summed E-state index contributed by atoms with van der Waals surface area (Å²) in [6.07, 6.45) is 4.75. The van der Waals surface area contributed by atoms with Gasteiger partial charge in [-0.3, -0.25) is 9.69 Å². The summed E-state index contributed by atoms with van der Waals surface area (Å²) in [7, 11) is 0. The molecule has 1 saturated heterocycles. The molecule has 0 bridgehead atoms. The number of benzene rings is 3. The first kappa shape index (κ1) is 27.0. The van der Waals surface area contributed by atoms with Crippen molar-refractivity contribution in [3.05, 3.63) is 99.6 Å². The monoisotopic (exact) mass is 570 g/mol. The summed E-state index contributed by atoms with van der Waals surface area (Å²) in [5.41, 5.74) is 4.72. The number of likely N-dealkylation sites (tertiary alicyclic amines) is 1. The molecule has 1 aliphatic rings. The number of fused-ring (bicyclic) bond motifs is 2. The predicted molar refractivity (Wildman–Crippen MR) is 166 cm³/mol. The number of carbonyl (C=O) groups excluding carboxylic acids is 1. The van der Waals surface area contributed by atoms with Crippen LogP contribution in [0.15, 0.2) is 72.8 Å². The Bertz CT molecular complexity index is 1630. The Kier molecular flexibility index (Phi) is 8.19. The van der Waals surface area contributed by atoms with Crippen molar-refractivity contribution in [2.75, 3.05) is 19.6 Å². The molecule has 7 heteroatoms. The number of hydrogen-bond donors (Lipinski definition) is 0. The third-order valence-electron chi connectivity index (χ3n) is 7.87. The summed E-state index contributed by atoms with van der Waals surface area (Å²) in [5, 5.41) is 1.48. The first-order valence-electron chi connectivity index (χ1n) is 14.3. The van der Waals surface area contributed by atoms with Gasteiger partial charge in [-0.2, -0.15) is 0 Å². The molecular weight excluding hydrogens is 536 g/mol. The number of hydrogen-bond acceptors (Lipinski definition) is 4. The molecule has 206 valence electrons. The van der Waals surface area contributed by atoms with Crippen LogP contribution in [0.3, 0.4) is 0 Å². The van der Waals surface area contributed by atoms with Crippen LogP contribution in [0.4, 0.5) is 0 Å². The summed E-state index contributed by atoms with van der Waals surface area (Å²) in [6, 6.07) is 25.0. The second-order valence-corrected chi connectivity index (χ2v) is 12.1. The van der Waals surface area contributed by atoms with Gasteiger partial charge in [0, 0.05) is 29.7 Å². The quantitative estimate of drug-likeness (QED) is 0.180. The van der Waals surface area contributed by atoms with Crippen LogP contribution in [-0.4, -0.2) is 44.9 Å². The molecule has 3 heterocycles. The van der Waals surface area contributed by atoms with Crippen molar-refractivity contribution < 1.29 is 4.79 Å². The average Bonchev–Trinajstić information content (AvgIpc) is 3.51. The van der Waals surface area contributed by atoms with Crippen LogP contribution in [0.1, 0.15) is 59.2 Å². The van der Waals surface area contributed by atoms with Gasteiger partial charge in [-0.1, -0.05) is 79.5 Å². The van der Waals surface area contributed by atoms with Crippen molar-refractivity contribution in [2.45, 2.75) is 52.2 Å². The number of nitrogens with zero attached hydrogens (tertiary/aromatic N) is 4. The lowest BCUT2D eigenvalue weighted by molar-refractivity contribution is 0.0742. The number of piperidine rings is 1. The number of imidazole rings is 1. The Morgan fingerprint density at radius 3 is 2.40 bits per heavy atom. The van der Waals surface area contributed by atoms with Gasteiger partial charge in [0.25, 0.3) is 5.91 Å². The number of para-hydroxylation sites is 2. The molecule has 0 spiro atoms. The fourth-order valence-corrected chi connectivity index (χ4v) is 7.29. The SMILES string of the molecule is CCCN(Cc1nc2ccccc2n1Cc1ccccc1CN1CCCCC1)C(=O)c1sc2ccccc2c1Cl. The molecule has 0 radical (unpaired) electrons. The lowest BCUT2D eigenvalue weighted by Crippen LogP contribution is -2.32. The minimum Gasteiger partial charge on any atom is -0.330 e. The average molecular weight is 571 g/mol. The molecule has 40 heavy (non-hydrogen) atoms. The number of halogens is 1. The third kappa shape index (κ3) is 5.53. The zero-order valence-corrected chi connectivity index (χ0v) is 24.6. The highest BCUT2D eigenvalue weighted by atomic mass is 35.5. The summed E-state index contributed by atoms with van der Waals surface area (Å²) < 4.78 is 3.33. The lowest BCUT2D eigenvalue weighted by atomic mass is 10.0. The van der Waals surface area contributed by atoms with Gasteiger partial charge >= 0.3 is 0 Å². The van der Waals surface area contributed by atoms with Gasteiger partial charge in [-0.25, -0.2) is 4.98 Å². The first-order valence-corrected chi connectivity index (χ1v) is 15.5. The highest BCUT2D eigenvalue weighted by molar-refractivity contribution is 7.21. The molecule has 0 atom stereocenters. The van der Waals surface area contributed by atoms with Gasteiger partial charge in [0.05, 0.1) is 22.6 Å². The summed E-state index contributed by atoms with van der Waals surface area (Å²) in [6.45, 7) is 7.20. The zero-order valence-electron chi connectivity index (χ0n) is 23.0. The van der Waals surface area contributed by atoms with Crippen LogP contribution in [0.5, 0.6) is 0 Å². The van der Waals surface area contributed by atoms with Gasteiger partial charge in [0.2, 0.25) is 0 Å². The Balaban J connectivity index is 1.33. The predicted octanol–water partition coefficient (Wildman–Crippen LogP) is 7.99. The smallest absolute Gasteiger partial charge is 0.265 e. The minimum atomic E-state index is -0.0304. The van der Waals surface area contributed by atoms with E-state index in [9.17, 15) is 4.79 Å². The van der Waals surface area contributed by atoms with E-state index in [1.165, 1.54) is 54.8 Å². The van der Waals surface area contributed by atoms with Crippen molar-refractivity contribution in [3.63, 3.8) is 0 Å². The lowest BCUT2D eigenvalue weighted by Gasteiger charge is -2.27. The molecule has 2 aromatic heterocycles. The van der Waals surface area contributed by atoms with Crippen molar-refractivity contribution in [1.82, 2.24) is 19.4 Å². The number of aromatic nitrogens is 2. The number of rotatable bonds is 9. The Morgan fingerprint density at radius 1 is 0.925 bits per heavy atom. The van der Waals surface area contributed by atoms with Crippen LogP contribution in [0, 0.1) is 0 Å². The molecule has 0 N–H and O–H groups in total. The van der Waals surface area contributed by atoms with Gasteiger partial charge < -0.3 is 9.47 Å². The molecule has 3 aromatic carbocycles. The summed E-state index contributed by atoms with van der Waals surface area (Å²) >= 11 is 8.21. The molecule has 5 nitrogen and oxygen atoms in total. The van der Waals surface area contributed by atoms with Crippen LogP contribution in [0.25, 0.3) is 21.1 Å². The van der Waals surface area contributed by atoms with Gasteiger partial charge in [0.15, 0.2) is 0 Å². The molecule has 1 fully saturated rings. The van der Waals surface area contributed by atoms with E-state index < -0.39 is 0 Å². The van der Waals surface area contributed by atoms with Crippen LogP contribution >= 0.6 is 22.9 Å². The van der Waals surface area contributed by atoms with E-state index in [0.717, 1.165) is 46.5 Å². The molecule has 6 rings (SSSR count). The topological polar surface area (TPSA) is 41.4 Å². The molecule has 1 aliphatic heterocycles. The van der Waals surface area contributed by atoms with E-state index in [2.05, 4.69) is 58.9 Å². The van der Waals surface area contributed by atoms with E-state index in [-0.39, 0.29) is 5.91 Å². The Labute approximate surface area is 245 Å². The second kappa shape index (κ2) is 12.1. The maximum absolute atomic E-state index is 13.9. The van der Waals surface area contributed by atoms with Crippen LogP contribution < -0.4 is 0 Å². The van der Waals surface area contributed by atoms with Crippen molar-refractivity contribution >= 4 is 50.0 Å². The van der Waals surface area contributed by atoms with Gasteiger partial charge in [-0.05, 0) is 61.7 Å². The number of amides is 1. The van der Waals surface area contributed by atoms with E-state index in [4.69, 9.17) is 16.6 Å².